The number of anilines is 4. The van der Waals surface area contributed by atoms with Gasteiger partial charge in [0.1, 0.15) is 24.0 Å². The van der Waals surface area contributed by atoms with Crippen molar-refractivity contribution in [2.45, 2.75) is 181 Å². The van der Waals surface area contributed by atoms with E-state index in [1.807, 2.05) is 62.2 Å². The number of hydrogen-bond donors (Lipinski definition) is 0. The van der Waals surface area contributed by atoms with Crippen molar-refractivity contribution in [1.82, 2.24) is 9.55 Å². The van der Waals surface area contributed by atoms with Crippen LogP contribution < -0.4 is 14.5 Å². The van der Waals surface area contributed by atoms with Gasteiger partial charge in [-0.25, -0.2) is 26.9 Å². The number of fused-ring (bicyclic) bond motifs is 4. The summed E-state index contributed by atoms with van der Waals surface area (Å²) in [5, 5.41) is 2.17. The van der Waals surface area contributed by atoms with Crippen molar-refractivity contribution in [3.05, 3.63) is 214 Å². The first-order chi connectivity index (χ1) is 43.7. The van der Waals surface area contributed by atoms with Crippen molar-refractivity contribution >= 4 is 44.6 Å². The molecule has 0 N–H and O–H groups in total. The molecule has 10 aromatic rings. The standard InChI is InChI=1S/C82H85F5N4O/c1-79(2,3)53-36-37-88-70(45-53)91-66-31-20-19-28-62(66)63-35-34-58(47-69(63)91)92-59-41-52(71-60(49-24-15-13-16-25-49)29-23-30-61(71)50-26-17-14-18-27-50)40-57(46-59)89-48-90(68-33-22-21-32-67(68)89)78-64(51-38-54(80(4,5)6)42-55(39-51)81(7,8)9)43-56(82(10,11)12)44-65(78)72-73(83)75(85)77(87)76(86)74(72)84/h19-23,28-47,49-50H,13-18,24-27,48H2,1-12H3. The van der Waals surface area contributed by atoms with Crippen LogP contribution >= 0.6 is 0 Å². The molecule has 2 saturated carbocycles. The highest BCUT2D eigenvalue weighted by Crippen LogP contribution is 2.55. The van der Waals surface area contributed by atoms with E-state index in [0.29, 0.717) is 45.8 Å². The molecule has 2 aliphatic carbocycles. The normalized spacial score (nSPS) is 15.5. The van der Waals surface area contributed by atoms with Crippen LogP contribution in [0.15, 0.2) is 152 Å². The van der Waals surface area contributed by atoms with Crippen molar-refractivity contribution in [1.29, 1.82) is 0 Å². The summed E-state index contributed by atoms with van der Waals surface area (Å²) < 4.78 is 91.1. The van der Waals surface area contributed by atoms with E-state index in [1.54, 1.807) is 6.07 Å². The van der Waals surface area contributed by atoms with Gasteiger partial charge >= 0.3 is 0 Å². The van der Waals surface area contributed by atoms with E-state index in [0.717, 1.165) is 86.9 Å². The van der Waals surface area contributed by atoms with E-state index in [4.69, 9.17) is 9.72 Å². The fourth-order valence-corrected chi connectivity index (χ4v) is 14.7. The molecule has 5 nitrogen and oxygen atoms in total. The fourth-order valence-electron chi connectivity index (χ4n) is 14.7. The number of ether oxygens (including phenoxy) is 1. The Hall–Kier alpha value is -8.24. The Labute approximate surface area is 540 Å². The maximum absolute atomic E-state index is 17.1. The molecule has 474 valence electrons. The molecule has 8 aromatic carbocycles. The molecular formula is C82H85F5N4O. The molecule has 0 radical (unpaired) electrons. The van der Waals surface area contributed by atoms with E-state index in [-0.39, 0.29) is 28.5 Å². The van der Waals surface area contributed by atoms with Crippen LogP contribution in [0.3, 0.4) is 0 Å². The molecule has 0 saturated heterocycles. The van der Waals surface area contributed by atoms with Gasteiger partial charge in [0.2, 0.25) is 5.82 Å². The van der Waals surface area contributed by atoms with Gasteiger partial charge in [0.15, 0.2) is 23.3 Å². The van der Waals surface area contributed by atoms with Gasteiger partial charge < -0.3 is 14.5 Å². The first-order valence-corrected chi connectivity index (χ1v) is 33.2. The predicted molar refractivity (Wildman–Crippen MR) is 370 cm³/mol. The molecule has 3 heterocycles. The van der Waals surface area contributed by atoms with Crippen molar-refractivity contribution in [3.63, 3.8) is 0 Å². The Kier molecular flexibility index (Phi) is 16.1. The average Bonchev–Trinajstić information content (AvgIpc) is 1.36. The van der Waals surface area contributed by atoms with Crippen LogP contribution in [0.5, 0.6) is 11.5 Å². The molecule has 0 amide bonds. The Morgan fingerprint density at radius 3 is 1.54 bits per heavy atom. The molecule has 0 spiro atoms. The maximum atomic E-state index is 17.1. The van der Waals surface area contributed by atoms with Crippen LogP contribution in [0.25, 0.3) is 61.0 Å². The average molecular weight is 1240 g/mol. The predicted octanol–water partition coefficient (Wildman–Crippen LogP) is 24.2. The van der Waals surface area contributed by atoms with Gasteiger partial charge in [0.05, 0.1) is 33.7 Å². The number of benzene rings is 8. The molecular weight excluding hydrogens is 1150 g/mol. The monoisotopic (exact) mass is 1240 g/mol. The number of pyridine rings is 1. The van der Waals surface area contributed by atoms with Crippen LogP contribution in [0.1, 0.15) is 193 Å². The van der Waals surface area contributed by atoms with E-state index in [2.05, 4.69) is 181 Å². The summed E-state index contributed by atoms with van der Waals surface area (Å²) in [7, 11) is 0. The minimum Gasteiger partial charge on any atom is -0.457 e. The second-order valence-electron chi connectivity index (χ2n) is 30.4. The highest BCUT2D eigenvalue weighted by atomic mass is 19.2. The Balaban J connectivity index is 1.06. The number of hydrogen-bond acceptors (Lipinski definition) is 4. The molecule has 10 heteroatoms. The van der Waals surface area contributed by atoms with Crippen molar-refractivity contribution in [2.75, 3.05) is 16.5 Å². The van der Waals surface area contributed by atoms with E-state index in [1.165, 1.54) is 60.8 Å². The van der Waals surface area contributed by atoms with Crippen LogP contribution in [0.4, 0.5) is 44.7 Å². The first kappa shape index (κ1) is 62.6. The maximum Gasteiger partial charge on any atom is 0.200 e. The van der Waals surface area contributed by atoms with E-state index in [9.17, 15) is 0 Å². The zero-order valence-corrected chi connectivity index (χ0v) is 55.5. The van der Waals surface area contributed by atoms with Gasteiger partial charge in [0, 0.05) is 45.9 Å². The lowest BCUT2D eigenvalue weighted by molar-refractivity contribution is 0.381. The molecule has 92 heavy (non-hydrogen) atoms. The molecule has 0 atom stereocenters. The Morgan fingerprint density at radius 2 is 0.946 bits per heavy atom. The van der Waals surface area contributed by atoms with Gasteiger partial charge in [-0.1, -0.05) is 188 Å². The van der Waals surface area contributed by atoms with Crippen LogP contribution in [0.2, 0.25) is 0 Å². The third-order valence-corrected chi connectivity index (χ3v) is 19.9. The van der Waals surface area contributed by atoms with Gasteiger partial charge in [-0.15, -0.1) is 0 Å². The lowest BCUT2D eigenvalue weighted by atomic mass is 9.75. The lowest BCUT2D eigenvalue weighted by Gasteiger charge is -2.32. The summed E-state index contributed by atoms with van der Waals surface area (Å²) in [6.07, 6.45) is 13.5. The molecule has 13 rings (SSSR count). The number of aromatic nitrogens is 2. The SMILES string of the molecule is CC(C)(C)c1cc(-c2cc(C(C)(C)C)cc(-c3c(F)c(F)c(F)c(F)c3F)c2N2CN(c3cc(Oc4ccc5c6ccccc6n(-c6cc(C(C)(C)C)ccn6)c5c4)cc(-c4c(C5CCCCC5)cccc4C4CCCCC4)c3)c3ccccc32)cc(C(C)(C)C)c1. The summed E-state index contributed by atoms with van der Waals surface area (Å²) in [5.74, 6) is -7.19. The summed E-state index contributed by atoms with van der Waals surface area (Å²) in [5.41, 5.74) is 12.3. The van der Waals surface area contributed by atoms with Crippen LogP contribution in [-0.4, -0.2) is 16.2 Å². The zero-order chi connectivity index (χ0) is 64.9. The van der Waals surface area contributed by atoms with Crippen molar-refractivity contribution < 1.29 is 26.7 Å². The molecule has 0 unspecified atom stereocenters. The Morgan fingerprint density at radius 1 is 0.413 bits per heavy atom. The summed E-state index contributed by atoms with van der Waals surface area (Å²) >= 11 is 0. The minimum absolute atomic E-state index is 0.0873. The molecule has 0 bridgehead atoms. The van der Waals surface area contributed by atoms with E-state index >= 15 is 22.0 Å². The Bertz CT molecular complexity index is 4400. The smallest absolute Gasteiger partial charge is 0.200 e. The quantitative estimate of drug-likeness (QED) is 0.0776. The molecule has 3 aliphatic rings. The van der Waals surface area contributed by atoms with Crippen molar-refractivity contribution in [2.24, 2.45) is 0 Å². The van der Waals surface area contributed by atoms with Crippen LogP contribution in [-0.2, 0) is 21.7 Å². The highest BCUT2D eigenvalue weighted by molar-refractivity contribution is 6.09. The molecule has 2 fully saturated rings. The summed E-state index contributed by atoms with van der Waals surface area (Å²) in [6.45, 7) is 25.6. The number of para-hydroxylation sites is 3. The molecule has 1 aliphatic heterocycles. The fraction of sp³-hybridized carbons (Fsp3) is 0.354. The number of nitrogens with zero attached hydrogens (tertiary/aromatic N) is 4. The van der Waals surface area contributed by atoms with Gasteiger partial charge in [-0.2, -0.15) is 0 Å². The van der Waals surface area contributed by atoms with Gasteiger partial charge in [-0.3, -0.25) is 4.57 Å². The lowest BCUT2D eigenvalue weighted by Crippen LogP contribution is -2.26. The topological polar surface area (TPSA) is 33.5 Å². The minimum atomic E-state index is -2.21. The largest absolute Gasteiger partial charge is 0.457 e. The third kappa shape index (κ3) is 11.6. The van der Waals surface area contributed by atoms with Gasteiger partial charge in [0.25, 0.3) is 0 Å². The van der Waals surface area contributed by atoms with Crippen molar-refractivity contribution in [3.8, 4) is 50.7 Å². The molecule has 2 aromatic heterocycles. The summed E-state index contributed by atoms with van der Waals surface area (Å²) in [6, 6.07) is 50.7. The highest BCUT2D eigenvalue weighted by Gasteiger charge is 2.38. The number of halogens is 5. The van der Waals surface area contributed by atoms with E-state index < -0.39 is 40.1 Å². The van der Waals surface area contributed by atoms with Crippen LogP contribution in [0, 0.1) is 29.1 Å². The first-order valence-electron chi connectivity index (χ1n) is 33.2. The number of rotatable bonds is 10. The summed E-state index contributed by atoms with van der Waals surface area (Å²) in [4.78, 5) is 9.20. The second-order valence-corrected chi connectivity index (χ2v) is 30.4. The second kappa shape index (κ2) is 23.7. The third-order valence-electron chi connectivity index (χ3n) is 19.9. The van der Waals surface area contributed by atoms with Gasteiger partial charge in [-0.05, 0) is 176 Å². The zero-order valence-electron chi connectivity index (χ0n) is 55.5.